The van der Waals surface area contributed by atoms with Crippen molar-refractivity contribution in [1.82, 2.24) is 14.5 Å². The van der Waals surface area contributed by atoms with Crippen molar-refractivity contribution in [2.24, 2.45) is 0 Å². The Balaban J connectivity index is 1.41. The van der Waals surface area contributed by atoms with Gasteiger partial charge in [0.1, 0.15) is 0 Å². The lowest BCUT2D eigenvalue weighted by molar-refractivity contribution is 0.0905. The first-order valence-electron chi connectivity index (χ1n) is 9.92. The molecule has 1 aliphatic heterocycles. The number of β-amino-alcohol motifs (C(OH)–C–C–N with tert-alkyl or cyclic N) is 1. The highest BCUT2D eigenvalue weighted by molar-refractivity contribution is 5.75. The minimum atomic E-state index is -0.609. The van der Waals surface area contributed by atoms with Crippen LogP contribution in [0.2, 0.25) is 0 Å². The van der Waals surface area contributed by atoms with E-state index < -0.39 is 6.10 Å². The van der Waals surface area contributed by atoms with Crippen molar-refractivity contribution in [2.45, 2.75) is 25.0 Å². The molecule has 2 N–H and O–H groups in total. The summed E-state index contributed by atoms with van der Waals surface area (Å²) in [5.41, 5.74) is 2.60. The fourth-order valence-corrected chi connectivity index (χ4v) is 4.21. The molecule has 1 fully saturated rings. The van der Waals surface area contributed by atoms with Crippen LogP contribution >= 0.6 is 0 Å². The second-order valence-electron chi connectivity index (χ2n) is 7.48. The predicted molar refractivity (Wildman–Crippen MR) is 112 cm³/mol. The van der Waals surface area contributed by atoms with Crippen LogP contribution in [-0.4, -0.2) is 53.4 Å². The summed E-state index contributed by atoms with van der Waals surface area (Å²) >= 11 is 0. The number of aliphatic hydroxyl groups excluding tert-OH is 1. The van der Waals surface area contributed by atoms with Crippen molar-refractivity contribution in [3.63, 3.8) is 0 Å². The van der Waals surface area contributed by atoms with Crippen molar-refractivity contribution in [3.8, 4) is 11.5 Å². The van der Waals surface area contributed by atoms with Gasteiger partial charge in [-0.3, -0.25) is 4.57 Å². The first-order chi connectivity index (χ1) is 14.1. The van der Waals surface area contributed by atoms with Gasteiger partial charge in [0.15, 0.2) is 11.5 Å². The molecule has 7 nitrogen and oxygen atoms in total. The minimum Gasteiger partial charge on any atom is -0.493 e. The van der Waals surface area contributed by atoms with Gasteiger partial charge in [0.25, 0.3) is 0 Å². The third-order valence-corrected chi connectivity index (χ3v) is 5.77. The van der Waals surface area contributed by atoms with E-state index >= 15 is 0 Å². The maximum absolute atomic E-state index is 12.4. The molecule has 2 aromatic carbocycles. The van der Waals surface area contributed by atoms with E-state index in [-0.39, 0.29) is 11.7 Å². The number of rotatable bonds is 6. The van der Waals surface area contributed by atoms with Crippen LogP contribution in [-0.2, 0) is 0 Å². The number of benzene rings is 2. The lowest BCUT2D eigenvalue weighted by Crippen LogP contribution is -2.39. The fourth-order valence-electron chi connectivity index (χ4n) is 4.21. The number of nitrogens with zero attached hydrogens (tertiary/aromatic N) is 2. The van der Waals surface area contributed by atoms with Crippen LogP contribution in [0.3, 0.4) is 0 Å². The summed E-state index contributed by atoms with van der Waals surface area (Å²) in [6.45, 7) is 2.22. The van der Waals surface area contributed by atoms with Gasteiger partial charge in [-0.2, -0.15) is 0 Å². The molecule has 1 unspecified atom stereocenters. The molecule has 0 saturated carbocycles. The largest absolute Gasteiger partial charge is 0.493 e. The normalized spacial score (nSPS) is 16.8. The maximum Gasteiger partial charge on any atom is 0.326 e. The Morgan fingerprint density at radius 1 is 1.10 bits per heavy atom. The average molecular weight is 397 g/mol. The highest BCUT2D eigenvalue weighted by atomic mass is 16.5. The van der Waals surface area contributed by atoms with Gasteiger partial charge >= 0.3 is 5.69 Å². The lowest BCUT2D eigenvalue weighted by atomic mass is 10.0. The summed E-state index contributed by atoms with van der Waals surface area (Å²) < 4.78 is 12.5. The Labute approximate surface area is 169 Å². The van der Waals surface area contributed by atoms with Gasteiger partial charge in [0, 0.05) is 25.7 Å². The van der Waals surface area contributed by atoms with Gasteiger partial charge in [-0.05, 0) is 42.7 Å². The number of imidazole rings is 1. The molecule has 0 aliphatic carbocycles. The van der Waals surface area contributed by atoms with Crippen LogP contribution in [0.5, 0.6) is 11.5 Å². The zero-order valence-corrected chi connectivity index (χ0v) is 16.8. The summed E-state index contributed by atoms with van der Waals surface area (Å²) in [6.07, 6.45) is 1.14. The summed E-state index contributed by atoms with van der Waals surface area (Å²) in [6, 6.07) is 13.5. The number of aliphatic hydroxyl groups is 1. The van der Waals surface area contributed by atoms with Crippen LogP contribution < -0.4 is 15.2 Å². The van der Waals surface area contributed by atoms with Crippen molar-refractivity contribution >= 4 is 11.0 Å². The molecule has 1 saturated heterocycles. The number of nitrogens with one attached hydrogen (secondary N) is 1. The first-order valence-corrected chi connectivity index (χ1v) is 9.92. The van der Waals surface area contributed by atoms with E-state index in [1.165, 1.54) is 0 Å². The van der Waals surface area contributed by atoms with E-state index in [0.29, 0.717) is 18.0 Å². The minimum absolute atomic E-state index is 0.0463. The Bertz CT molecular complexity index is 1030. The smallest absolute Gasteiger partial charge is 0.326 e. The molecule has 1 aliphatic rings. The molecule has 7 heteroatoms. The van der Waals surface area contributed by atoms with Crippen LogP contribution in [0.15, 0.2) is 47.3 Å². The zero-order valence-electron chi connectivity index (χ0n) is 16.8. The molecular weight excluding hydrogens is 370 g/mol. The molecular formula is C22H27N3O4. The molecule has 154 valence electrons. The molecule has 1 aromatic heterocycles. The fraction of sp³-hybridized carbons (Fsp3) is 0.409. The molecule has 2 heterocycles. The van der Waals surface area contributed by atoms with E-state index in [1.54, 1.807) is 14.2 Å². The predicted octanol–water partition coefficient (Wildman–Crippen LogP) is 2.72. The number of likely N-dealkylation sites (tertiary alicyclic amines) is 1. The molecule has 29 heavy (non-hydrogen) atoms. The number of fused-ring (bicyclic) bond motifs is 1. The van der Waals surface area contributed by atoms with E-state index in [0.717, 1.165) is 42.5 Å². The molecule has 0 amide bonds. The zero-order chi connectivity index (χ0) is 20.4. The quantitative estimate of drug-likeness (QED) is 0.669. The number of methoxy groups -OCH3 is 2. The molecule has 0 spiro atoms. The Morgan fingerprint density at radius 2 is 1.83 bits per heavy atom. The third kappa shape index (κ3) is 3.88. The number of ether oxygens (including phenoxy) is 2. The highest BCUT2D eigenvalue weighted by Crippen LogP contribution is 2.31. The van der Waals surface area contributed by atoms with Crippen molar-refractivity contribution < 1.29 is 14.6 Å². The number of hydrogen-bond donors (Lipinski definition) is 2. The van der Waals surface area contributed by atoms with Gasteiger partial charge in [-0.1, -0.05) is 18.2 Å². The van der Waals surface area contributed by atoms with Gasteiger partial charge < -0.3 is 24.5 Å². The third-order valence-electron chi connectivity index (χ3n) is 5.77. The van der Waals surface area contributed by atoms with Crippen molar-refractivity contribution in [1.29, 1.82) is 0 Å². The molecule has 0 bridgehead atoms. The number of aromatic amines is 1. The number of hydrogen-bond acceptors (Lipinski definition) is 5. The number of para-hydroxylation sites is 2. The molecule has 1 atom stereocenters. The molecule has 3 aromatic rings. The number of piperidine rings is 1. The van der Waals surface area contributed by atoms with Gasteiger partial charge in [-0.25, -0.2) is 4.79 Å². The average Bonchev–Trinajstić information content (AvgIpc) is 3.09. The van der Waals surface area contributed by atoms with Gasteiger partial charge in [-0.15, -0.1) is 0 Å². The summed E-state index contributed by atoms with van der Waals surface area (Å²) in [7, 11) is 3.18. The number of H-pyrrole nitrogens is 1. The van der Waals surface area contributed by atoms with Crippen LogP contribution in [0, 0.1) is 0 Å². The lowest BCUT2D eigenvalue weighted by Gasteiger charge is -2.33. The van der Waals surface area contributed by atoms with E-state index in [9.17, 15) is 9.90 Å². The van der Waals surface area contributed by atoms with E-state index in [1.807, 2.05) is 47.0 Å². The Morgan fingerprint density at radius 3 is 2.55 bits per heavy atom. The standard InChI is InChI=1S/C22H27N3O4/c1-28-20-8-7-15(13-21(20)29-2)19(26)14-24-11-9-16(10-12-24)25-18-6-4-3-5-17(18)23-22(25)27/h3-8,13,16,19,26H,9-12,14H2,1-2H3,(H,23,27). The maximum atomic E-state index is 12.4. The summed E-state index contributed by atoms with van der Waals surface area (Å²) in [4.78, 5) is 17.6. The topological polar surface area (TPSA) is 79.7 Å². The monoisotopic (exact) mass is 397 g/mol. The van der Waals surface area contributed by atoms with E-state index in [4.69, 9.17) is 9.47 Å². The number of aromatic nitrogens is 2. The van der Waals surface area contributed by atoms with Crippen molar-refractivity contribution in [2.75, 3.05) is 33.9 Å². The van der Waals surface area contributed by atoms with Crippen molar-refractivity contribution in [3.05, 3.63) is 58.5 Å². The summed E-state index contributed by atoms with van der Waals surface area (Å²) in [5.74, 6) is 1.26. The Hall–Kier alpha value is -2.77. The molecule has 4 rings (SSSR count). The molecule has 0 radical (unpaired) electrons. The van der Waals surface area contributed by atoms with E-state index in [2.05, 4.69) is 9.88 Å². The van der Waals surface area contributed by atoms with Gasteiger partial charge in [0.2, 0.25) is 0 Å². The van der Waals surface area contributed by atoms with Gasteiger partial charge in [0.05, 0.1) is 31.4 Å². The summed E-state index contributed by atoms with van der Waals surface area (Å²) in [5, 5.41) is 10.7. The van der Waals surface area contributed by atoms with Crippen LogP contribution in [0.25, 0.3) is 11.0 Å². The second-order valence-corrected chi connectivity index (χ2v) is 7.48. The van der Waals surface area contributed by atoms with Crippen LogP contribution in [0.4, 0.5) is 0 Å². The SMILES string of the molecule is COc1ccc(C(O)CN2CCC(n3c(=O)[nH]c4ccccc43)CC2)cc1OC. The van der Waals surface area contributed by atoms with Crippen LogP contribution in [0.1, 0.15) is 30.6 Å². The highest BCUT2D eigenvalue weighted by Gasteiger charge is 2.25. The second kappa shape index (κ2) is 8.31. The first kappa shape index (κ1) is 19.5. The Kier molecular flexibility index (Phi) is 5.60.